The van der Waals surface area contributed by atoms with Gasteiger partial charge < -0.3 is 14.6 Å². The quantitative estimate of drug-likeness (QED) is 0.752. The number of ether oxygens (including phenoxy) is 1. The summed E-state index contributed by atoms with van der Waals surface area (Å²) in [5, 5.41) is 9.77. The van der Waals surface area contributed by atoms with Gasteiger partial charge in [0.25, 0.3) is 0 Å². The molecule has 80 valence electrons. The van der Waals surface area contributed by atoms with Crippen molar-refractivity contribution in [3.63, 3.8) is 0 Å². The highest BCUT2D eigenvalue weighted by atomic mass is 16.5. The zero-order valence-electron chi connectivity index (χ0n) is 9.18. The number of hydrogen-bond acceptors (Lipinski definition) is 3. The van der Waals surface area contributed by atoms with Crippen LogP contribution in [0.15, 0.2) is 24.3 Å². The molecule has 4 heteroatoms. The van der Waals surface area contributed by atoms with Crippen LogP contribution in [0.2, 0.25) is 6.82 Å². The van der Waals surface area contributed by atoms with Crippen molar-refractivity contribution in [3.8, 4) is 0 Å². The first-order valence-corrected chi connectivity index (χ1v) is 5.27. The highest BCUT2D eigenvalue weighted by Gasteiger charge is 2.33. The second-order valence-electron chi connectivity index (χ2n) is 3.98. The summed E-state index contributed by atoms with van der Waals surface area (Å²) in [6, 6.07) is 8.46. The molecule has 1 aliphatic rings. The summed E-state index contributed by atoms with van der Waals surface area (Å²) in [7, 11) is 1.23. The van der Waals surface area contributed by atoms with E-state index in [1.165, 1.54) is 5.56 Å². The van der Waals surface area contributed by atoms with Gasteiger partial charge in [0.05, 0.1) is 6.61 Å². The van der Waals surface area contributed by atoms with Crippen LogP contribution in [0.25, 0.3) is 0 Å². The molecular formula is C11H16BNO2. The van der Waals surface area contributed by atoms with E-state index in [9.17, 15) is 5.02 Å². The van der Waals surface area contributed by atoms with Crippen LogP contribution >= 0.6 is 0 Å². The minimum atomic E-state index is -0.464. The molecule has 3 nitrogen and oxygen atoms in total. The first-order chi connectivity index (χ1) is 7.24. The third-order valence-corrected chi connectivity index (χ3v) is 2.88. The van der Waals surface area contributed by atoms with E-state index in [0.29, 0.717) is 6.61 Å². The molecule has 1 aromatic rings. The number of hydrogen-bond donors (Lipinski definition) is 1. The van der Waals surface area contributed by atoms with Gasteiger partial charge in [0.15, 0.2) is 0 Å². The number of rotatable bonds is 3. The second-order valence-corrected chi connectivity index (χ2v) is 3.98. The van der Waals surface area contributed by atoms with Crippen LogP contribution in [-0.4, -0.2) is 31.8 Å². The lowest BCUT2D eigenvalue weighted by Crippen LogP contribution is -2.45. The van der Waals surface area contributed by atoms with E-state index in [2.05, 4.69) is 12.1 Å². The Labute approximate surface area is 90.8 Å². The summed E-state index contributed by atoms with van der Waals surface area (Å²) in [6.07, 6.45) is 0.953. The van der Waals surface area contributed by atoms with Crippen molar-refractivity contribution in [1.82, 2.24) is 0 Å². The maximum Gasteiger partial charge on any atom is 0.409 e. The molecule has 1 atom stereocenters. The number of anilines is 1. The Morgan fingerprint density at radius 3 is 2.93 bits per heavy atom. The molecule has 0 amide bonds. The van der Waals surface area contributed by atoms with E-state index < -0.39 is 7.05 Å². The molecule has 0 saturated carbocycles. The Kier molecular flexibility index (Phi) is 2.98. The van der Waals surface area contributed by atoms with Crippen LogP contribution in [0.1, 0.15) is 5.56 Å². The van der Waals surface area contributed by atoms with Crippen LogP contribution in [0.5, 0.6) is 0 Å². The molecule has 0 bridgehead atoms. The number of methoxy groups -OCH3 is 1. The Morgan fingerprint density at radius 1 is 1.53 bits per heavy atom. The fraction of sp³-hybridized carbons (Fsp3) is 0.455. The largest absolute Gasteiger partial charge is 0.432 e. The van der Waals surface area contributed by atoms with E-state index in [-0.39, 0.29) is 6.04 Å². The van der Waals surface area contributed by atoms with Gasteiger partial charge in [-0.3, -0.25) is 0 Å². The number of benzene rings is 1. The summed E-state index contributed by atoms with van der Waals surface area (Å²) in [4.78, 5) is 2.03. The van der Waals surface area contributed by atoms with Crippen LogP contribution in [0.4, 0.5) is 5.69 Å². The Hall–Kier alpha value is -0.995. The molecule has 1 aliphatic heterocycles. The fourth-order valence-corrected chi connectivity index (χ4v) is 2.32. The topological polar surface area (TPSA) is 32.7 Å². The molecule has 1 aromatic carbocycles. The zero-order valence-corrected chi connectivity index (χ0v) is 9.18. The van der Waals surface area contributed by atoms with Crippen molar-refractivity contribution in [3.05, 3.63) is 29.8 Å². The highest BCUT2D eigenvalue weighted by Crippen LogP contribution is 2.32. The smallest absolute Gasteiger partial charge is 0.409 e. The second kappa shape index (κ2) is 4.25. The normalized spacial score (nSPS) is 19.1. The average Bonchev–Trinajstić information content (AvgIpc) is 2.56. The lowest BCUT2D eigenvalue weighted by Gasteiger charge is -2.28. The molecule has 15 heavy (non-hydrogen) atoms. The molecule has 1 N–H and O–H groups in total. The molecule has 0 spiro atoms. The standard InChI is InChI=1S/C11H16BNO2/c1-12(14)13-10(8-15-2)7-9-5-3-4-6-11(9)13/h3-6,10,14H,7-8H2,1-2H3/t10-/m0/s1. The van der Waals surface area contributed by atoms with Gasteiger partial charge in [-0.15, -0.1) is 0 Å². The van der Waals surface area contributed by atoms with Gasteiger partial charge in [-0.25, -0.2) is 0 Å². The van der Waals surface area contributed by atoms with E-state index in [4.69, 9.17) is 4.74 Å². The third kappa shape index (κ3) is 1.87. The Bertz CT molecular complexity index is 343. The van der Waals surface area contributed by atoms with Crippen molar-refractivity contribution in [2.75, 3.05) is 18.5 Å². The third-order valence-electron chi connectivity index (χ3n) is 2.88. The van der Waals surface area contributed by atoms with Gasteiger partial charge in [0.2, 0.25) is 0 Å². The molecule has 0 aliphatic carbocycles. The van der Waals surface area contributed by atoms with Gasteiger partial charge in [0, 0.05) is 18.8 Å². The molecule has 0 radical (unpaired) electrons. The zero-order chi connectivity index (χ0) is 10.8. The maximum absolute atomic E-state index is 9.77. The number of nitrogens with zero attached hydrogens (tertiary/aromatic N) is 1. The Morgan fingerprint density at radius 2 is 2.27 bits per heavy atom. The summed E-state index contributed by atoms with van der Waals surface area (Å²) >= 11 is 0. The predicted molar refractivity (Wildman–Crippen MR) is 62.1 cm³/mol. The molecule has 0 saturated heterocycles. The van der Waals surface area contributed by atoms with Gasteiger partial charge in [-0.05, 0) is 24.9 Å². The van der Waals surface area contributed by atoms with Gasteiger partial charge in [-0.2, -0.15) is 0 Å². The highest BCUT2D eigenvalue weighted by molar-refractivity contribution is 6.54. The number of fused-ring (bicyclic) bond motifs is 1. The Balaban J connectivity index is 2.29. The molecule has 2 rings (SSSR count). The van der Waals surface area contributed by atoms with E-state index in [0.717, 1.165) is 12.1 Å². The van der Waals surface area contributed by atoms with Crippen LogP contribution < -0.4 is 4.81 Å². The summed E-state index contributed by atoms with van der Waals surface area (Å²) < 4.78 is 5.18. The fourth-order valence-electron chi connectivity index (χ4n) is 2.32. The minimum absolute atomic E-state index is 0.257. The molecule has 1 heterocycles. The number of para-hydroxylation sites is 1. The van der Waals surface area contributed by atoms with Crippen LogP contribution in [0.3, 0.4) is 0 Å². The molecule has 0 aromatic heterocycles. The predicted octanol–water partition coefficient (Wildman–Crippen LogP) is 1.17. The average molecular weight is 205 g/mol. The van der Waals surface area contributed by atoms with Crippen molar-refractivity contribution in [2.24, 2.45) is 0 Å². The SMILES string of the molecule is COC[C@@H]1Cc2ccccc2N1B(C)O. The minimum Gasteiger partial charge on any atom is -0.432 e. The lowest BCUT2D eigenvalue weighted by molar-refractivity contribution is 0.182. The first-order valence-electron chi connectivity index (χ1n) is 5.27. The van der Waals surface area contributed by atoms with E-state index in [1.807, 2.05) is 16.9 Å². The summed E-state index contributed by atoms with van der Waals surface area (Å²) in [5.74, 6) is 0. The first kappa shape index (κ1) is 10.5. The van der Waals surface area contributed by atoms with Crippen molar-refractivity contribution in [1.29, 1.82) is 0 Å². The molecule has 0 fully saturated rings. The molecule has 0 unspecified atom stereocenters. The van der Waals surface area contributed by atoms with Crippen molar-refractivity contribution >= 4 is 12.7 Å². The van der Waals surface area contributed by atoms with Gasteiger partial charge in [0.1, 0.15) is 0 Å². The van der Waals surface area contributed by atoms with Crippen LogP contribution in [0, 0.1) is 0 Å². The monoisotopic (exact) mass is 205 g/mol. The molecular weight excluding hydrogens is 189 g/mol. The van der Waals surface area contributed by atoms with E-state index >= 15 is 0 Å². The van der Waals surface area contributed by atoms with Crippen LogP contribution in [-0.2, 0) is 11.2 Å². The summed E-state index contributed by atoms with van der Waals surface area (Å²) in [5.41, 5.74) is 2.43. The summed E-state index contributed by atoms with van der Waals surface area (Å²) in [6.45, 7) is 2.45. The maximum atomic E-state index is 9.77. The van der Waals surface area contributed by atoms with Crippen molar-refractivity contribution in [2.45, 2.75) is 19.3 Å². The van der Waals surface area contributed by atoms with Crippen molar-refractivity contribution < 1.29 is 9.76 Å². The van der Waals surface area contributed by atoms with Gasteiger partial charge in [-0.1, -0.05) is 18.2 Å². The van der Waals surface area contributed by atoms with Gasteiger partial charge >= 0.3 is 7.05 Å². The lowest BCUT2D eigenvalue weighted by atomic mass is 9.83. The van der Waals surface area contributed by atoms with E-state index in [1.54, 1.807) is 13.9 Å².